The number of rotatable bonds is 9. The number of anilines is 1. The van der Waals surface area contributed by atoms with E-state index in [2.05, 4.69) is 22.4 Å². The van der Waals surface area contributed by atoms with Crippen LogP contribution in [-0.4, -0.2) is 30.4 Å². The lowest BCUT2D eigenvalue weighted by molar-refractivity contribution is 0.0531. The molecule has 0 aliphatic carbocycles. The number of thiazole rings is 1. The van der Waals surface area contributed by atoms with Crippen molar-refractivity contribution in [1.29, 1.82) is 0 Å². The molecule has 0 aliphatic rings. The summed E-state index contributed by atoms with van der Waals surface area (Å²) in [5.74, 6) is 0.471. The molecular formula is C18H23N3O3S. The zero-order valence-corrected chi connectivity index (χ0v) is 15.6. The van der Waals surface area contributed by atoms with Crippen molar-refractivity contribution in [2.45, 2.75) is 33.6 Å². The largest absolute Gasteiger partial charge is 0.494 e. The first kappa shape index (κ1) is 18.9. The van der Waals surface area contributed by atoms with E-state index in [-0.39, 0.29) is 5.97 Å². The number of carbonyl (C=O) groups is 1. The number of carbonyl (C=O) groups excluding carboxylic acids is 1. The first-order valence-corrected chi connectivity index (χ1v) is 9.12. The fourth-order valence-corrected chi connectivity index (χ4v) is 2.82. The van der Waals surface area contributed by atoms with Gasteiger partial charge in [0.1, 0.15) is 10.6 Å². The van der Waals surface area contributed by atoms with Gasteiger partial charge in [-0.05, 0) is 38.0 Å². The monoisotopic (exact) mass is 361 g/mol. The molecule has 0 unspecified atom stereocenters. The highest BCUT2D eigenvalue weighted by Gasteiger charge is 2.15. The summed E-state index contributed by atoms with van der Waals surface area (Å²) in [5.41, 5.74) is 4.40. The van der Waals surface area contributed by atoms with Crippen LogP contribution in [-0.2, 0) is 4.74 Å². The van der Waals surface area contributed by atoms with Gasteiger partial charge in [-0.2, -0.15) is 5.10 Å². The molecule has 2 rings (SSSR count). The van der Waals surface area contributed by atoms with Crippen LogP contribution in [0.2, 0.25) is 0 Å². The van der Waals surface area contributed by atoms with Crippen LogP contribution in [0.1, 0.15) is 47.6 Å². The molecule has 1 N–H and O–H groups in total. The second-order valence-electron chi connectivity index (χ2n) is 5.30. The molecule has 0 spiro atoms. The van der Waals surface area contributed by atoms with Crippen molar-refractivity contribution in [3.05, 3.63) is 40.4 Å². The zero-order valence-electron chi connectivity index (χ0n) is 14.7. The number of hydrogen-bond acceptors (Lipinski definition) is 7. The van der Waals surface area contributed by atoms with Crippen LogP contribution in [0.4, 0.5) is 5.13 Å². The molecule has 2 aromatic rings. The number of aromatic nitrogens is 1. The first-order chi connectivity index (χ1) is 12.1. The van der Waals surface area contributed by atoms with E-state index in [1.165, 1.54) is 11.3 Å². The van der Waals surface area contributed by atoms with E-state index in [1.54, 1.807) is 20.1 Å². The number of nitrogens with one attached hydrogen (secondary N) is 1. The van der Waals surface area contributed by atoms with Crippen molar-refractivity contribution in [3.63, 3.8) is 0 Å². The van der Waals surface area contributed by atoms with Crippen molar-refractivity contribution in [2.75, 3.05) is 18.6 Å². The minimum Gasteiger partial charge on any atom is -0.494 e. The number of benzene rings is 1. The van der Waals surface area contributed by atoms with E-state index in [0.29, 0.717) is 28.9 Å². The highest BCUT2D eigenvalue weighted by atomic mass is 32.1. The number of unbranched alkanes of at least 4 members (excludes halogenated alkanes) is 1. The summed E-state index contributed by atoms with van der Waals surface area (Å²) in [6.07, 6.45) is 3.83. The minimum atomic E-state index is -0.355. The van der Waals surface area contributed by atoms with Crippen molar-refractivity contribution < 1.29 is 14.3 Å². The lowest BCUT2D eigenvalue weighted by atomic mass is 10.2. The summed E-state index contributed by atoms with van der Waals surface area (Å²) in [5, 5.41) is 4.72. The van der Waals surface area contributed by atoms with Gasteiger partial charge in [0.05, 0.1) is 25.1 Å². The van der Waals surface area contributed by atoms with Gasteiger partial charge < -0.3 is 9.47 Å². The average Bonchev–Trinajstić information content (AvgIpc) is 2.97. The van der Waals surface area contributed by atoms with Crippen LogP contribution >= 0.6 is 11.3 Å². The Morgan fingerprint density at radius 2 is 2.24 bits per heavy atom. The highest BCUT2D eigenvalue weighted by molar-refractivity contribution is 7.17. The van der Waals surface area contributed by atoms with Gasteiger partial charge in [0, 0.05) is 0 Å². The number of aryl methyl sites for hydroxylation is 1. The third kappa shape index (κ3) is 5.86. The summed E-state index contributed by atoms with van der Waals surface area (Å²) >= 11 is 1.22. The molecule has 0 aliphatic heterocycles. The lowest BCUT2D eigenvalue weighted by Gasteiger charge is -2.05. The molecule has 7 heteroatoms. The third-order valence-corrected chi connectivity index (χ3v) is 4.30. The molecule has 134 valence electrons. The highest BCUT2D eigenvalue weighted by Crippen LogP contribution is 2.23. The van der Waals surface area contributed by atoms with Gasteiger partial charge in [0.15, 0.2) is 0 Å². The third-order valence-electron chi connectivity index (χ3n) is 3.26. The van der Waals surface area contributed by atoms with E-state index < -0.39 is 0 Å². The molecular weight excluding hydrogens is 338 g/mol. The molecule has 0 saturated carbocycles. The van der Waals surface area contributed by atoms with Crippen LogP contribution in [0.15, 0.2) is 29.4 Å². The Bertz CT molecular complexity index is 728. The smallest absolute Gasteiger partial charge is 0.350 e. The molecule has 0 bridgehead atoms. The van der Waals surface area contributed by atoms with Crippen molar-refractivity contribution in [1.82, 2.24) is 4.98 Å². The number of hydrogen-bond donors (Lipinski definition) is 1. The normalized spacial score (nSPS) is 10.8. The second kappa shape index (κ2) is 9.78. The maximum absolute atomic E-state index is 11.8. The fraction of sp³-hybridized carbons (Fsp3) is 0.389. The number of hydrazone groups is 1. The molecule has 0 fully saturated rings. The predicted octanol–water partition coefficient (Wildman–Crippen LogP) is 4.25. The molecule has 0 saturated heterocycles. The predicted molar refractivity (Wildman–Crippen MR) is 101 cm³/mol. The van der Waals surface area contributed by atoms with Crippen molar-refractivity contribution in [2.24, 2.45) is 5.10 Å². The summed E-state index contributed by atoms with van der Waals surface area (Å²) < 4.78 is 10.7. The van der Waals surface area contributed by atoms with Gasteiger partial charge in [-0.15, -0.1) is 0 Å². The average molecular weight is 361 g/mol. The molecule has 25 heavy (non-hydrogen) atoms. The first-order valence-electron chi connectivity index (χ1n) is 8.30. The van der Waals surface area contributed by atoms with Gasteiger partial charge in [-0.3, -0.25) is 5.43 Å². The Morgan fingerprint density at radius 3 is 3.00 bits per heavy atom. The van der Waals surface area contributed by atoms with Gasteiger partial charge in [-0.1, -0.05) is 36.8 Å². The van der Waals surface area contributed by atoms with Gasteiger partial charge in [0.2, 0.25) is 5.13 Å². The fourth-order valence-electron chi connectivity index (χ4n) is 2.01. The second-order valence-corrected chi connectivity index (χ2v) is 6.30. The van der Waals surface area contributed by atoms with Crippen LogP contribution in [0.3, 0.4) is 0 Å². The van der Waals surface area contributed by atoms with E-state index >= 15 is 0 Å². The standard InChI is InChI=1S/C18H23N3O3S/c1-4-6-10-24-15-9-7-8-14(11-15)12-19-21-18-20-13(3)16(25-18)17(22)23-5-2/h7-9,11-12H,4-6,10H2,1-3H3,(H,20,21)/b19-12-. The summed E-state index contributed by atoms with van der Waals surface area (Å²) in [6.45, 7) is 6.73. The van der Waals surface area contributed by atoms with Crippen LogP contribution in [0.25, 0.3) is 0 Å². The molecule has 0 amide bonds. The molecule has 6 nitrogen and oxygen atoms in total. The van der Waals surface area contributed by atoms with Crippen molar-refractivity contribution >= 4 is 28.7 Å². The van der Waals surface area contributed by atoms with E-state index in [9.17, 15) is 4.79 Å². The molecule has 1 heterocycles. The van der Waals surface area contributed by atoms with E-state index in [0.717, 1.165) is 24.2 Å². The molecule has 0 atom stereocenters. The Balaban J connectivity index is 1.96. The minimum absolute atomic E-state index is 0.341. The van der Waals surface area contributed by atoms with Gasteiger partial charge >= 0.3 is 5.97 Å². The Kier molecular flexibility index (Phi) is 7.40. The molecule has 1 aromatic heterocycles. The topological polar surface area (TPSA) is 72.8 Å². The van der Waals surface area contributed by atoms with Crippen LogP contribution in [0.5, 0.6) is 5.75 Å². The lowest BCUT2D eigenvalue weighted by Crippen LogP contribution is -2.03. The van der Waals surface area contributed by atoms with E-state index in [1.807, 2.05) is 24.3 Å². The summed E-state index contributed by atoms with van der Waals surface area (Å²) in [7, 11) is 0. The van der Waals surface area contributed by atoms with Gasteiger partial charge in [0.25, 0.3) is 0 Å². The van der Waals surface area contributed by atoms with Crippen molar-refractivity contribution in [3.8, 4) is 5.75 Å². The Hall–Kier alpha value is -2.41. The van der Waals surface area contributed by atoms with Gasteiger partial charge in [-0.25, -0.2) is 9.78 Å². The summed E-state index contributed by atoms with van der Waals surface area (Å²) in [6, 6.07) is 7.72. The molecule has 1 aromatic carbocycles. The molecule has 0 radical (unpaired) electrons. The van der Waals surface area contributed by atoms with Crippen LogP contribution < -0.4 is 10.2 Å². The maximum Gasteiger partial charge on any atom is 0.350 e. The summed E-state index contributed by atoms with van der Waals surface area (Å²) in [4.78, 5) is 16.6. The number of ether oxygens (including phenoxy) is 2. The number of nitrogens with zero attached hydrogens (tertiary/aromatic N) is 2. The van der Waals surface area contributed by atoms with Crippen LogP contribution in [0, 0.1) is 6.92 Å². The van der Waals surface area contributed by atoms with E-state index in [4.69, 9.17) is 9.47 Å². The Labute approximate surface area is 151 Å². The quantitative estimate of drug-likeness (QED) is 0.313. The number of esters is 1. The maximum atomic E-state index is 11.8. The Morgan fingerprint density at radius 1 is 1.40 bits per heavy atom. The zero-order chi connectivity index (χ0) is 18.1. The SMILES string of the molecule is CCCCOc1cccc(/C=N\Nc2nc(C)c(C(=O)OCC)s2)c1.